The van der Waals surface area contributed by atoms with Gasteiger partial charge in [0.15, 0.2) is 5.69 Å². The zero-order valence-corrected chi connectivity index (χ0v) is 16.3. The van der Waals surface area contributed by atoms with Crippen LogP contribution in [-0.2, 0) is 13.2 Å². The number of nitrogens with one attached hydrogen (secondary N) is 3. The van der Waals surface area contributed by atoms with Gasteiger partial charge in [0, 0.05) is 25.8 Å². The number of aromatic nitrogens is 4. The van der Waals surface area contributed by atoms with E-state index < -0.39 is 23.5 Å². The average molecular weight is 421 g/mol. The summed E-state index contributed by atoms with van der Waals surface area (Å²) < 4.78 is 41.9. The zero-order valence-electron chi connectivity index (χ0n) is 16.3. The Morgan fingerprint density at radius 1 is 1.20 bits per heavy atom. The highest BCUT2D eigenvalue weighted by Crippen LogP contribution is 2.33. The number of anilines is 2. The van der Waals surface area contributed by atoms with E-state index in [2.05, 4.69) is 26.1 Å². The fourth-order valence-corrected chi connectivity index (χ4v) is 3.56. The first-order valence-corrected chi connectivity index (χ1v) is 9.69. The van der Waals surface area contributed by atoms with Crippen LogP contribution in [0.5, 0.6) is 0 Å². The number of alkyl halides is 3. The Labute approximate surface area is 170 Å². The predicted octanol–water partition coefficient (Wildman–Crippen LogP) is 2.89. The van der Waals surface area contributed by atoms with Gasteiger partial charge in [0.2, 0.25) is 0 Å². The van der Waals surface area contributed by atoms with E-state index in [1.807, 2.05) is 12.1 Å². The van der Waals surface area contributed by atoms with Crippen molar-refractivity contribution in [3.63, 3.8) is 0 Å². The van der Waals surface area contributed by atoms with Gasteiger partial charge in [-0.15, -0.1) is 5.10 Å². The van der Waals surface area contributed by atoms with Crippen LogP contribution in [0.1, 0.15) is 35.4 Å². The molecule has 0 bridgehead atoms. The maximum atomic E-state index is 13.2. The minimum Gasteiger partial charge on any atom is -0.365 e. The standard InChI is InChI=1S/C19H22F3N7O/c1-28-11-14(17(27-28)19(20,21)22)25-18(30)15-7-5-13-6-8-16(26-29(13)15)24-12-4-2-3-9-23-10-12/h5-8,11-12,23H,2-4,9-10H2,1H3,(H,24,26)(H,25,30)/t12-/m1/s1. The lowest BCUT2D eigenvalue weighted by Crippen LogP contribution is -2.31. The Bertz CT molecular complexity index is 1050. The summed E-state index contributed by atoms with van der Waals surface area (Å²) in [5.74, 6) is -0.104. The van der Waals surface area contributed by atoms with Gasteiger partial charge in [-0.1, -0.05) is 6.42 Å². The summed E-state index contributed by atoms with van der Waals surface area (Å²) in [5, 5.41) is 16.9. The summed E-state index contributed by atoms with van der Waals surface area (Å²) in [4.78, 5) is 12.7. The second-order valence-electron chi connectivity index (χ2n) is 7.33. The first kappa shape index (κ1) is 20.2. The number of halogens is 3. The Balaban J connectivity index is 1.57. The lowest BCUT2D eigenvalue weighted by Gasteiger charge is -2.17. The molecule has 160 valence electrons. The molecule has 11 heteroatoms. The third kappa shape index (κ3) is 4.25. The summed E-state index contributed by atoms with van der Waals surface area (Å²) in [6.07, 6.45) is -0.312. The number of hydrogen-bond donors (Lipinski definition) is 3. The Morgan fingerprint density at radius 2 is 2.00 bits per heavy atom. The number of rotatable bonds is 4. The van der Waals surface area contributed by atoms with Crippen molar-refractivity contribution in [3.05, 3.63) is 41.9 Å². The molecule has 0 saturated carbocycles. The Kier molecular flexibility index (Phi) is 5.37. The zero-order chi connectivity index (χ0) is 21.3. The third-order valence-corrected chi connectivity index (χ3v) is 4.98. The van der Waals surface area contributed by atoms with Gasteiger partial charge in [-0.2, -0.15) is 18.3 Å². The molecule has 1 amide bonds. The van der Waals surface area contributed by atoms with Crippen LogP contribution < -0.4 is 16.0 Å². The maximum absolute atomic E-state index is 13.2. The van der Waals surface area contributed by atoms with Gasteiger partial charge in [-0.3, -0.25) is 9.48 Å². The van der Waals surface area contributed by atoms with Crippen LogP contribution in [0.2, 0.25) is 0 Å². The minimum absolute atomic E-state index is 0.129. The quantitative estimate of drug-likeness (QED) is 0.603. The molecule has 3 N–H and O–H groups in total. The molecule has 3 aromatic heterocycles. The molecule has 8 nitrogen and oxygen atoms in total. The summed E-state index contributed by atoms with van der Waals surface area (Å²) >= 11 is 0. The molecule has 0 radical (unpaired) electrons. The number of amides is 1. The molecule has 1 aliphatic heterocycles. The average Bonchev–Trinajstić information content (AvgIpc) is 3.17. The Hall–Kier alpha value is -3.08. The molecule has 0 unspecified atom stereocenters. The maximum Gasteiger partial charge on any atom is 0.437 e. The first-order chi connectivity index (χ1) is 14.3. The van der Waals surface area contributed by atoms with Crippen LogP contribution in [0.15, 0.2) is 30.5 Å². The molecule has 1 saturated heterocycles. The van der Waals surface area contributed by atoms with Crippen molar-refractivity contribution in [2.24, 2.45) is 7.05 Å². The van der Waals surface area contributed by atoms with Crippen LogP contribution in [0.4, 0.5) is 24.7 Å². The SMILES string of the molecule is Cn1cc(NC(=O)c2ccc3ccc(N[C@@H]4CCCCNC4)nn23)c(C(F)(F)F)n1. The van der Waals surface area contributed by atoms with Crippen molar-refractivity contribution in [2.75, 3.05) is 23.7 Å². The normalized spacial score (nSPS) is 17.7. The fourth-order valence-electron chi connectivity index (χ4n) is 3.56. The fraction of sp³-hybridized carbons (Fsp3) is 0.421. The van der Waals surface area contributed by atoms with E-state index in [-0.39, 0.29) is 11.7 Å². The van der Waals surface area contributed by atoms with Crippen molar-refractivity contribution >= 4 is 22.9 Å². The molecule has 1 aliphatic rings. The summed E-state index contributed by atoms with van der Waals surface area (Å²) in [6, 6.07) is 7.06. The number of fused-ring (bicyclic) bond motifs is 1. The van der Waals surface area contributed by atoms with Crippen LogP contribution in [0, 0.1) is 0 Å². The third-order valence-electron chi connectivity index (χ3n) is 4.98. The molecule has 0 spiro atoms. The molecule has 3 aromatic rings. The molecule has 0 aliphatic carbocycles. The molecular formula is C19H22F3N7O. The number of carbonyl (C=O) groups is 1. The highest BCUT2D eigenvalue weighted by Gasteiger charge is 2.37. The highest BCUT2D eigenvalue weighted by molar-refractivity contribution is 6.04. The van der Waals surface area contributed by atoms with Crippen molar-refractivity contribution in [3.8, 4) is 0 Å². The topological polar surface area (TPSA) is 88.3 Å². The van der Waals surface area contributed by atoms with E-state index in [1.54, 1.807) is 6.07 Å². The van der Waals surface area contributed by atoms with Crippen LogP contribution in [0.3, 0.4) is 0 Å². The second kappa shape index (κ2) is 7.98. The molecule has 0 aromatic carbocycles. The van der Waals surface area contributed by atoms with Gasteiger partial charge in [-0.25, -0.2) is 4.52 Å². The number of nitrogens with zero attached hydrogens (tertiary/aromatic N) is 4. The van der Waals surface area contributed by atoms with Crippen LogP contribution in [-0.4, -0.2) is 44.4 Å². The number of carbonyl (C=O) groups excluding carboxylic acids is 1. The first-order valence-electron chi connectivity index (χ1n) is 9.69. The van der Waals surface area contributed by atoms with Gasteiger partial charge < -0.3 is 16.0 Å². The number of hydrogen-bond acceptors (Lipinski definition) is 5. The van der Waals surface area contributed by atoms with Crippen molar-refractivity contribution in [1.29, 1.82) is 0 Å². The van der Waals surface area contributed by atoms with Gasteiger partial charge >= 0.3 is 6.18 Å². The monoisotopic (exact) mass is 421 g/mol. The van der Waals surface area contributed by atoms with Crippen molar-refractivity contribution in [1.82, 2.24) is 24.7 Å². The van der Waals surface area contributed by atoms with E-state index >= 15 is 0 Å². The van der Waals surface area contributed by atoms with Crippen molar-refractivity contribution < 1.29 is 18.0 Å². The molecular weight excluding hydrogens is 399 g/mol. The molecule has 4 rings (SSSR count). The van der Waals surface area contributed by atoms with Crippen LogP contribution in [0.25, 0.3) is 5.52 Å². The second-order valence-corrected chi connectivity index (χ2v) is 7.33. The van der Waals surface area contributed by atoms with Gasteiger partial charge in [0.25, 0.3) is 5.91 Å². The summed E-state index contributed by atoms with van der Waals surface area (Å²) in [7, 11) is 1.36. The molecule has 1 atom stereocenters. The minimum atomic E-state index is -4.67. The predicted molar refractivity (Wildman–Crippen MR) is 105 cm³/mol. The van der Waals surface area contributed by atoms with Gasteiger partial charge in [0.1, 0.15) is 11.5 Å². The van der Waals surface area contributed by atoms with E-state index in [1.165, 1.54) is 17.6 Å². The number of aryl methyl sites for hydroxylation is 1. The lowest BCUT2D eigenvalue weighted by atomic mass is 10.1. The van der Waals surface area contributed by atoms with E-state index in [4.69, 9.17) is 0 Å². The molecule has 4 heterocycles. The molecule has 30 heavy (non-hydrogen) atoms. The Morgan fingerprint density at radius 3 is 2.80 bits per heavy atom. The molecule has 1 fully saturated rings. The summed E-state index contributed by atoms with van der Waals surface area (Å²) in [5.41, 5.74) is -0.754. The highest BCUT2D eigenvalue weighted by atomic mass is 19.4. The smallest absolute Gasteiger partial charge is 0.365 e. The van der Waals surface area contributed by atoms with Gasteiger partial charge in [0.05, 0.1) is 11.2 Å². The lowest BCUT2D eigenvalue weighted by molar-refractivity contribution is -0.140. The van der Waals surface area contributed by atoms with E-state index in [0.29, 0.717) is 11.3 Å². The van der Waals surface area contributed by atoms with Gasteiger partial charge in [-0.05, 0) is 43.7 Å². The van der Waals surface area contributed by atoms with Crippen LogP contribution >= 0.6 is 0 Å². The van der Waals surface area contributed by atoms with E-state index in [0.717, 1.165) is 43.2 Å². The van der Waals surface area contributed by atoms with E-state index in [9.17, 15) is 18.0 Å². The summed E-state index contributed by atoms with van der Waals surface area (Å²) in [6.45, 7) is 1.81. The largest absolute Gasteiger partial charge is 0.437 e. The van der Waals surface area contributed by atoms with Crippen molar-refractivity contribution in [2.45, 2.75) is 31.5 Å².